The van der Waals surface area contributed by atoms with Gasteiger partial charge in [-0.2, -0.15) is 0 Å². The van der Waals surface area contributed by atoms with Crippen LogP contribution in [0.4, 0.5) is 0 Å². The first-order valence-electron chi connectivity index (χ1n) is 8.72. The molecule has 0 saturated carbocycles. The van der Waals surface area contributed by atoms with E-state index < -0.39 is 0 Å². The van der Waals surface area contributed by atoms with Crippen molar-refractivity contribution in [2.45, 2.75) is 25.4 Å². The summed E-state index contributed by atoms with van der Waals surface area (Å²) >= 11 is 0. The van der Waals surface area contributed by atoms with Gasteiger partial charge >= 0.3 is 0 Å². The molecule has 0 bridgehead atoms. The van der Waals surface area contributed by atoms with Crippen molar-refractivity contribution in [1.82, 2.24) is 15.2 Å². The number of aromatic amines is 1. The number of rotatable bonds is 3. The topological polar surface area (TPSA) is 31.1 Å². The number of aromatic nitrogens is 1. The highest BCUT2D eigenvalue weighted by Gasteiger charge is 2.27. The maximum absolute atomic E-state index is 3.56. The van der Waals surface area contributed by atoms with Crippen LogP contribution in [0, 0.1) is 0 Å². The van der Waals surface area contributed by atoms with Crippen molar-refractivity contribution in [3.8, 4) is 0 Å². The Morgan fingerprint density at radius 1 is 1.17 bits per heavy atom. The van der Waals surface area contributed by atoms with Crippen LogP contribution in [0.2, 0.25) is 0 Å². The van der Waals surface area contributed by atoms with Crippen LogP contribution in [-0.4, -0.2) is 30.5 Å². The molecule has 24 heavy (non-hydrogen) atoms. The number of hydrogen-bond acceptors (Lipinski definition) is 2. The SMILES string of the molecule is CNC(C)c1c[nH]c2c3c(ccc12)C(c1ccccc1)CN(C)C3. The minimum Gasteiger partial charge on any atom is -0.361 e. The maximum atomic E-state index is 3.56. The van der Waals surface area contributed by atoms with E-state index in [2.05, 4.69) is 77.8 Å². The van der Waals surface area contributed by atoms with E-state index in [4.69, 9.17) is 0 Å². The number of likely N-dealkylation sites (N-methyl/N-ethyl adjacent to an activating group) is 1. The lowest BCUT2D eigenvalue weighted by Gasteiger charge is -2.33. The summed E-state index contributed by atoms with van der Waals surface area (Å²) in [5, 5.41) is 4.70. The average Bonchev–Trinajstić information content (AvgIpc) is 3.05. The van der Waals surface area contributed by atoms with Crippen molar-refractivity contribution in [1.29, 1.82) is 0 Å². The second kappa shape index (κ2) is 6.08. The van der Waals surface area contributed by atoms with Crippen LogP contribution in [0.3, 0.4) is 0 Å². The van der Waals surface area contributed by atoms with Crippen LogP contribution in [0.25, 0.3) is 10.9 Å². The summed E-state index contributed by atoms with van der Waals surface area (Å²) in [5.41, 5.74) is 6.97. The summed E-state index contributed by atoms with van der Waals surface area (Å²) in [4.78, 5) is 5.99. The van der Waals surface area contributed by atoms with Crippen molar-refractivity contribution in [2.75, 3.05) is 20.6 Å². The quantitative estimate of drug-likeness (QED) is 0.764. The second-order valence-electron chi connectivity index (χ2n) is 6.97. The molecule has 2 aromatic carbocycles. The molecule has 0 amide bonds. The van der Waals surface area contributed by atoms with Gasteiger partial charge in [0.2, 0.25) is 0 Å². The first-order chi connectivity index (χ1) is 11.7. The van der Waals surface area contributed by atoms with Gasteiger partial charge in [0.1, 0.15) is 0 Å². The van der Waals surface area contributed by atoms with Crippen LogP contribution < -0.4 is 5.32 Å². The molecule has 2 unspecified atom stereocenters. The molecular weight excluding hydrogens is 294 g/mol. The zero-order valence-electron chi connectivity index (χ0n) is 14.6. The third kappa shape index (κ3) is 2.45. The van der Waals surface area contributed by atoms with Crippen molar-refractivity contribution in [2.24, 2.45) is 0 Å². The summed E-state index contributed by atoms with van der Waals surface area (Å²) in [7, 11) is 4.24. The lowest BCUT2D eigenvalue weighted by molar-refractivity contribution is 0.296. The summed E-state index contributed by atoms with van der Waals surface area (Å²) in [6.07, 6.45) is 2.16. The largest absolute Gasteiger partial charge is 0.361 e. The Morgan fingerprint density at radius 3 is 2.71 bits per heavy atom. The predicted molar refractivity (Wildman–Crippen MR) is 100 cm³/mol. The van der Waals surface area contributed by atoms with E-state index in [9.17, 15) is 0 Å². The zero-order valence-corrected chi connectivity index (χ0v) is 14.6. The second-order valence-corrected chi connectivity index (χ2v) is 6.97. The van der Waals surface area contributed by atoms with Crippen LogP contribution >= 0.6 is 0 Å². The Bertz CT molecular complexity index is 850. The molecule has 2 heterocycles. The molecule has 0 spiro atoms. The minimum absolute atomic E-state index is 0.350. The predicted octanol–water partition coefficient (Wildman–Crippen LogP) is 4.03. The van der Waals surface area contributed by atoms with Gasteiger partial charge in [-0.15, -0.1) is 0 Å². The molecule has 1 aromatic heterocycles. The van der Waals surface area contributed by atoms with Gasteiger partial charge in [0.25, 0.3) is 0 Å². The van der Waals surface area contributed by atoms with Crippen molar-refractivity contribution in [3.05, 3.63) is 70.9 Å². The number of nitrogens with zero attached hydrogens (tertiary/aromatic N) is 1. The molecule has 4 rings (SSSR count). The van der Waals surface area contributed by atoms with Gasteiger partial charge in [0, 0.05) is 36.6 Å². The van der Waals surface area contributed by atoms with E-state index in [1.807, 2.05) is 7.05 Å². The molecule has 3 nitrogen and oxygen atoms in total. The van der Waals surface area contributed by atoms with Gasteiger partial charge in [0.05, 0.1) is 5.52 Å². The fourth-order valence-electron chi connectivity index (χ4n) is 4.02. The highest BCUT2D eigenvalue weighted by molar-refractivity contribution is 5.88. The Labute approximate surface area is 143 Å². The molecule has 2 atom stereocenters. The zero-order chi connectivity index (χ0) is 16.7. The van der Waals surface area contributed by atoms with Crippen molar-refractivity contribution < 1.29 is 0 Å². The molecule has 0 radical (unpaired) electrons. The third-order valence-electron chi connectivity index (χ3n) is 5.43. The van der Waals surface area contributed by atoms with E-state index in [1.165, 1.54) is 33.2 Å². The van der Waals surface area contributed by atoms with Gasteiger partial charge in [-0.05, 0) is 43.3 Å². The highest BCUT2D eigenvalue weighted by atomic mass is 15.1. The van der Waals surface area contributed by atoms with Gasteiger partial charge < -0.3 is 15.2 Å². The van der Waals surface area contributed by atoms with E-state index in [0.717, 1.165) is 13.1 Å². The maximum Gasteiger partial charge on any atom is 0.0506 e. The number of hydrogen-bond donors (Lipinski definition) is 2. The van der Waals surface area contributed by atoms with Gasteiger partial charge in [0.15, 0.2) is 0 Å². The highest BCUT2D eigenvalue weighted by Crippen LogP contribution is 2.38. The Balaban J connectivity index is 1.88. The summed E-state index contributed by atoms with van der Waals surface area (Å²) in [5.74, 6) is 0.442. The van der Waals surface area contributed by atoms with E-state index in [0.29, 0.717) is 12.0 Å². The summed E-state index contributed by atoms with van der Waals surface area (Å²) in [6.45, 7) is 4.29. The monoisotopic (exact) mass is 319 g/mol. The van der Waals surface area contributed by atoms with Crippen LogP contribution in [-0.2, 0) is 6.54 Å². The smallest absolute Gasteiger partial charge is 0.0506 e. The molecule has 3 aromatic rings. The molecule has 1 aliphatic heterocycles. The first kappa shape index (κ1) is 15.4. The summed E-state index contributed by atoms with van der Waals surface area (Å²) < 4.78 is 0. The van der Waals surface area contributed by atoms with E-state index in [-0.39, 0.29) is 0 Å². The Morgan fingerprint density at radius 2 is 1.96 bits per heavy atom. The number of H-pyrrole nitrogens is 1. The van der Waals surface area contributed by atoms with Crippen LogP contribution in [0.1, 0.15) is 41.1 Å². The van der Waals surface area contributed by atoms with Gasteiger partial charge in [-0.25, -0.2) is 0 Å². The van der Waals surface area contributed by atoms with E-state index in [1.54, 1.807) is 0 Å². The van der Waals surface area contributed by atoms with Crippen molar-refractivity contribution in [3.63, 3.8) is 0 Å². The molecule has 0 aliphatic carbocycles. The summed E-state index contributed by atoms with van der Waals surface area (Å²) in [6, 6.07) is 15.9. The fourth-order valence-corrected chi connectivity index (χ4v) is 4.02. The molecule has 0 saturated heterocycles. The first-order valence-corrected chi connectivity index (χ1v) is 8.72. The van der Waals surface area contributed by atoms with Gasteiger partial charge in [-0.3, -0.25) is 0 Å². The van der Waals surface area contributed by atoms with Crippen LogP contribution in [0.5, 0.6) is 0 Å². The normalized spacial score (nSPS) is 19.4. The Hall–Kier alpha value is -2.10. The van der Waals surface area contributed by atoms with Gasteiger partial charge in [-0.1, -0.05) is 42.5 Å². The third-order valence-corrected chi connectivity index (χ3v) is 5.43. The molecule has 2 N–H and O–H groups in total. The number of nitrogens with one attached hydrogen (secondary N) is 2. The number of fused-ring (bicyclic) bond motifs is 3. The fraction of sp³-hybridized carbons (Fsp3) is 0.333. The molecule has 0 fully saturated rings. The lowest BCUT2D eigenvalue weighted by atomic mass is 9.83. The molecule has 3 heteroatoms. The standard InChI is InChI=1S/C21H25N3/c1-14(22-2)18-11-23-21-17(18)10-9-16-19(12-24(3)13-20(16)21)15-7-5-4-6-8-15/h4-11,14,19,22-23H,12-13H2,1-3H3. The molecule has 124 valence electrons. The number of benzene rings is 2. The average molecular weight is 319 g/mol. The van der Waals surface area contributed by atoms with E-state index >= 15 is 0 Å². The van der Waals surface area contributed by atoms with Crippen LogP contribution in [0.15, 0.2) is 48.7 Å². The lowest BCUT2D eigenvalue weighted by Crippen LogP contribution is -2.31. The Kier molecular flexibility index (Phi) is 3.91. The molecule has 1 aliphatic rings. The van der Waals surface area contributed by atoms with Crippen molar-refractivity contribution >= 4 is 10.9 Å². The molecular formula is C21H25N3. The minimum atomic E-state index is 0.350.